The average Bonchev–Trinajstić information content (AvgIpc) is 3.18. The Bertz CT molecular complexity index is 1330. The van der Waals surface area contributed by atoms with Crippen molar-refractivity contribution in [1.29, 1.82) is 0 Å². The Labute approximate surface area is 234 Å². The van der Waals surface area contributed by atoms with Crippen molar-refractivity contribution in [2.24, 2.45) is 0 Å². The first-order valence-corrected chi connectivity index (χ1v) is 14.4. The highest BCUT2D eigenvalue weighted by Gasteiger charge is 2.51. The maximum absolute atomic E-state index is 6.18. The van der Waals surface area contributed by atoms with Gasteiger partial charge in [0.25, 0.3) is 0 Å². The highest BCUT2D eigenvalue weighted by atomic mass is 16.7. The molecule has 0 amide bonds. The standard InChI is InChI=1S/C35H40BNO2/c1-34(2)35(3,4)39-36(38-34)32-23-19-28(20-24-32)13-8-6-5-7-12-27-17-21-29(22-18-27)30-14-11-15-31(26-30)33-16-9-10-25-37-33/h9-11,14-26H,5-8,12-13H2,1-4H3. The van der Waals surface area contributed by atoms with Crippen molar-refractivity contribution in [2.45, 2.75) is 77.4 Å². The number of benzene rings is 3. The zero-order valence-electron chi connectivity index (χ0n) is 23.8. The molecular weight excluding hydrogens is 477 g/mol. The number of aryl methyl sites for hydroxylation is 2. The topological polar surface area (TPSA) is 31.4 Å². The molecule has 1 fully saturated rings. The largest absolute Gasteiger partial charge is 0.494 e. The van der Waals surface area contributed by atoms with E-state index in [4.69, 9.17) is 9.31 Å². The van der Waals surface area contributed by atoms with Gasteiger partial charge < -0.3 is 9.31 Å². The van der Waals surface area contributed by atoms with Crippen molar-refractivity contribution < 1.29 is 9.31 Å². The quantitative estimate of drug-likeness (QED) is 0.158. The van der Waals surface area contributed by atoms with Gasteiger partial charge in [0.15, 0.2) is 0 Å². The van der Waals surface area contributed by atoms with Crippen molar-refractivity contribution in [3.63, 3.8) is 0 Å². The number of hydrogen-bond donors (Lipinski definition) is 0. The van der Waals surface area contributed by atoms with E-state index in [-0.39, 0.29) is 18.3 Å². The zero-order valence-corrected chi connectivity index (χ0v) is 23.8. The van der Waals surface area contributed by atoms with Gasteiger partial charge in [-0.25, -0.2) is 0 Å². The van der Waals surface area contributed by atoms with Crippen LogP contribution in [0.4, 0.5) is 0 Å². The van der Waals surface area contributed by atoms with Gasteiger partial charge in [-0.1, -0.05) is 85.6 Å². The molecule has 1 saturated heterocycles. The first kappa shape index (κ1) is 27.4. The van der Waals surface area contributed by atoms with E-state index in [1.54, 1.807) is 0 Å². The molecular formula is C35H40BNO2. The van der Waals surface area contributed by atoms with Crippen LogP contribution in [0.1, 0.15) is 64.5 Å². The van der Waals surface area contributed by atoms with Gasteiger partial charge in [0.05, 0.1) is 16.9 Å². The molecule has 2 heterocycles. The van der Waals surface area contributed by atoms with Crippen molar-refractivity contribution in [1.82, 2.24) is 4.98 Å². The smallest absolute Gasteiger partial charge is 0.399 e. The van der Waals surface area contributed by atoms with Gasteiger partial charge in [-0.15, -0.1) is 0 Å². The number of aromatic nitrogens is 1. The lowest BCUT2D eigenvalue weighted by atomic mass is 9.78. The van der Waals surface area contributed by atoms with Gasteiger partial charge in [0.2, 0.25) is 0 Å². The maximum Gasteiger partial charge on any atom is 0.494 e. The van der Waals surface area contributed by atoms with E-state index in [1.807, 2.05) is 18.3 Å². The predicted octanol–water partition coefficient (Wildman–Crippen LogP) is 8.06. The highest BCUT2D eigenvalue weighted by molar-refractivity contribution is 6.62. The van der Waals surface area contributed by atoms with Gasteiger partial charge in [-0.2, -0.15) is 0 Å². The second kappa shape index (κ2) is 11.9. The molecule has 200 valence electrons. The van der Waals surface area contributed by atoms with Crippen LogP contribution in [0.3, 0.4) is 0 Å². The lowest BCUT2D eigenvalue weighted by molar-refractivity contribution is 0.00578. The number of pyridine rings is 1. The summed E-state index contributed by atoms with van der Waals surface area (Å²) < 4.78 is 12.4. The maximum atomic E-state index is 6.18. The molecule has 0 spiro atoms. The second-order valence-corrected chi connectivity index (χ2v) is 11.7. The summed E-state index contributed by atoms with van der Waals surface area (Å²) in [5, 5.41) is 0. The van der Waals surface area contributed by atoms with Crippen LogP contribution < -0.4 is 5.46 Å². The van der Waals surface area contributed by atoms with Crippen LogP contribution in [0, 0.1) is 0 Å². The fraction of sp³-hybridized carbons (Fsp3) is 0.343. The van der Waals surface area contributed by atoms with Gasteiger partial charge in [-0.3, -0.25) is 4.98 Å². The third kappa shape index (κ3) is 6.69. The molecule has 0 atom stereocenters. The summed E-state index contributed by atoms with van der Waals surface area (Å²) >= 11 is 0. The Morgan fingerprint density at radius 2 is 1.18 bits per heavy atom. The zero-order chi connectivity index (χ0) is 27.3. The summed E-state index contributed by atoms with van der Waals surface area (Å²) in [4.78, 5) is 4.49. The Morgan fingerprint density at radius 3 is 1.77 bits per heavy atom. The first-order valence-electron chi connectivity index (χ1n) is 14.4. The van der Waals surface area contributed by atoms with Crippen LogP contribution in [0.2, 0.25) is 0 Å². The average molecular weight is 518 g/mol. The van der Waals surface area contributed by atoms with E-state index in [9.17, 15) is 0 Å². The van der Waals surface area contributed by atoms with Crippen LogP contribution >= 0.6 is 0 Å². The predicted molar refractivity (Wildman–Crippen MR) is 163 cm³/mol. The van der Waals surface area contributed by atoms with Crippen LogP contribution in [-0.2, 0) is 22.2 Å². The van der Waals surface area contributed by atoms with Crippen molar-refractivity contribution in [3.8, 4) is 22.4 Å². The van der Waals surface area contributed by atoms with Crippen LogP contribution in [-0.4, -0.2) is 23.3 Å². The van der Waals surface area contributed by atoms with Gasteiger partial charge in [0.1, 0.15) is 0 Å². The summed E-state index contributed by atoms with van der Waals surface area (Å²) in [7, 11) is -0.283. The molecule has 0 saturated carbocycles. The van der Waals surface area contributed by atoms with E-state index >= 15 is 0 Å². The number of unbranched alkanes of at least 4 members (excludes halogenated alkanes) is 3. The summed E-state index contributed by atoms with van der Waals surface area (Å²) in [6.45, 7) is 8.39. The van der Waals surface area contributed by atoms with Crippen molar-refractivity contribution in [3.05, 3.63) is 108 Å². The summed E-state index contributed by atoms with van der Waals surface area (Å²) in [5.74, 6) is 0. The Hall–Kier alpha value is -3.21. The lowest BCUT2D eigenvalue weighted by Gasteiger charge is -2.32. The number of hydrogen-bond acceptors (Lipinski definition) is 3. The third-order valence-corrected chi connectivity index (χ3v) is 8.30. The Kier molecular flexibility index (Phi) is 8.35. The molecule has 1 aliphatic heterocycles. The Balaban J connectivity index is 1.03. The van der Waals surface area contributed by atoms with Gasteiger partial charge in [0, 0.05) is 11.8 Å². The van der Waals surface area contributed by atoms with Gasteiger partial charge in [-0.05, 0) is 99.3 Å². The normalized spacial score (nSPS) is 15.9. The van der Waals surface area contributed by atoms with Crippen molar-refractivity contribution >= 4 is 12.6 Å². The molecule has 0 aliphatic carbocycles. The number of rotatable bonds is 10. The van der Waals surface area contributed by atoms with E-state index in [2.05, 4.69) is 112 Å². The molecule has 0 bridgehead atoms. The fourth-order valence-corrected chi connectivity index (χ4v) is 5.09. The van der Waals surface area contributed by atoms with Crippen LogP contribution in [0.15, 0.2) is 97.2 Å². The third-order valence-electron chi connectivity index (χ3n) is 8.30. The number of nitrogens with zero attached hydrogens (tertiary/aromatic N) is 1. The monoisotopic (exact) mass is 517 g/mol. The van der Waals surface area contributed by atoms with E-state index in [1.165, 1.54) is 47.9 Å². The molecule has 5 rings (SSSR count). The minimum Gasteiger partial charge on any atom is -0.399 e. The molecule has 39 heavy (non-hydrogen) atoms. The molecule has 1 aliphatic rings. The van der Waals surface area contributed by atoms with Gasteiger partial charge >= 0.3 is 7.12 Å². The first-order chi connectivity index (χ1) is 18.8. The molecule has 3 aromatic carbocycles. The molecule has 0 radical (unpaired) electrons. The summed E-state index contributed by atoms with van der Waals surface area (Å²) in [6, 6.07) is 32.5. The summed E-state index contributed by atoms with van der Waals surface area (Å²) in [6.07, 6.45) is 9.08. The minimum absolute atomic E-state index is 0.283. The molecule has 3 nitrogen and oxygen atoms in total. The highest BCUT2D eigenvalue weighted by Crippen LogP contribution is 2.36. The Morgan fingerprint density at radius 1 is 0.590 bits per heavy atom. The molecule has 1 aromatic heterocycles. The van der Waals surface area contributed by atoms with Crippen LogP contribution in [0.25, 0.3) is 22.4 Å². The molecule has 4 heteroatoms. The van der Waals surface area contributed by atoms with E-state index in [0.29, 0.717) is 0 Å². The van der Waals surface area contributed by atoms with Crippen molar-refractivity contribution in [2.75, 3.05) is 0 Å². The fourth-order valence-electron chi connectivity index (χ4n) is 5.09. The second-order valence-electron chi connectivity index (χ2n) is 11.7. The van der Waals surface area contributed by atoms with Crippen LogP contribution in [0.5, 0.6) is 0 Å². The minimum atomic E-state index is -0.301. The van der Waals surface area contributed by atoms with E-state index < -0.39 is 0 Å². The van der Waals surface area contributed by atoms with E-state index in [0.717, 1.165) is 29.6 Å². The molecule has 4 aromatic rings. The molecule has 0 N–H and O–H groups in total. The SMILES string of the molecule is CC1(C)OB(c2ccc(CCCCCCc3ccc(-c4cccc(-c5ccccn5)c4)cc3)cc2)OC1(C)C. The lowest BCUT2D eigenvalue weighted by Crippen LogP contribution is -2.41. The molecule has 0 unspecified atom stereocenters. The summed E-state index contributed by atoms with van der Waals surface area (Å²) in [5.41, 5.74) is 7.94.